The van der Waals surface area contributed by atoms with Crippen LogP contribution in [0.4, 0.5) is 0 Å². The highest BCUT2D eigenvalue weighted by Gasteiger charge is 2.76. The zero-order chi connectivity index (χ0) is 57.0. The van der Waals surface area contributed by atoms with Crippen LogP contribution < -0.4 is 0 Å². The zero-order valence-corrected chi connectivity index (χ0v) is 47.8. The monoisotopic (exact) mass is 1110 g/mol. The van der Waals surface area contributed by atoms with Crippen LogP contribution in [0.2, 0.25) is 0 Å². The largest absolute Gasteiger partial charge is 0.462 e. The van der Waals surface area contributed by atoms with Crippen LogP contribution in [-0.4, -0.2) is 173 Å². The maximum absolute atomic E-state index is 12.1. The number of carbonyl (C=O) groups is 1. The van der Waals surface area contributed by atoms with Crippen molar-refractivity contribution in [3.8, 4) is 0 Å². The highest BCUT2D eigenvalue weighted by atomic mass is 16.8. The topological polar surface area (TPSA) is 242 Å². The standard InChI is InChI=1S/C18H22O6.3C12H20O4.2CO2/c1-17(2)22-13-14(23-17)18(24-16(13)20-3)9-12(18)10-21-15(19)11-7-5-4-6-8-11;3*1-5-7-6-12(7)9-8(10(13-4)16-12)14-11(2,3)15-9;2*2-1-3/h4-8,12-14,16H,9-10H2,1-3H3;3*7-10H,5-6H2,1-4H3;;/t12-,13+,14?,16-,18-;2*7-,8+,9?,10-,12+;7-,8-,9?,10+,12+;;/m1110../s1. The molecule has 0 radical (unpaired) electrons. The highest BCUT2D eigenvalue weighted by molar-refractivity contribution is 5.89. The molecule has 78 heavy (non-hydrogen) atoms. The third kappa shape index (κ3) is 11.6. The van der Waals surface area contributed by atoms with E-state index in [1.54, 1.807) is 40.6 Å². The summed E-state index contributed by atoms with van der Waals surface area (Å²) in [6.07, 6.45) is 6.06. The van der Waals surface area contributed by atoms with Crippen molar-refractivity contribution in [1.82, 2.24) is 0 Å². The summed E-state index contributed by atoms with van der Waals surface area (Å²) in [7, 11) is 6.60. The molecule has 0 aromatic heterocycles. The molecule has 0 bridgehead atoms. The molecule has 8 saturated heterocycles. The normalized spacial score (nSPS) is 45.0. The molecule has 1 aromatic carbocycles. The van der Waals surface area contributed by atoms with Crippen molar-refractivity contribution < 1.29 is 104 Å². The quantitative estimate of drug-likeness (QED) is 0.244. The van der Waals surface area contributed by atoms with Gasteiger partial charge in [-0.05, 0) is 111 Å². The van der Waals surface area contributed by atoms with Gasteiger partial charge in [0, 0.05) is 34.4 Å². The fourth-order valence-corrected chi connectivity index (χ4v) is 13.4. The van der Waals surface area contributed by atoms with Crippen LogP contribution in [0.3, 0.4) is 0 Å². The lowest BCUT2D eigenvalue weighted by Crippen LogP contribution is -2.33. The zero-order valence-electron chi connectivity index (χ0n) is 47.8. The van der Waals surface area contributed by atoms with Gasteiger partial charge in [0.1, 0.15) is 71.2 Å². The molecule has 1 aromatic rings. The van der Waals surface area contributed by atoms with Crippen molar-refractivity contribution in [3.05, 3.63) is 35.9 Å². The number of hydrogen-bond donors (Lipinski definition) is 0. The Kier molecular flexibility index (Phi) is 17.9. The predicted molar refractivity (Wildman–Crippen MR) is 264 cm³/mol. The Bertz CT molecular complexity index is 2150. The van der Waals surface area contributed by atoms with Gasteiger partial charge in [-0.1, -0.05) is 58.2 Å². The van der Waals surface area contributed by atoms with E-state index < -0.39 is 35.0 Å². The van der Waals surface area contributed by atoms with Crippen LogP contribution in [-0.2, 0) is 99.7 Å². The minimum Gasteiger partial charge on any atom is -0.462 e. The lowest BCUT2D eigenvalue weighted by atomic mass is 10.1. The van der Waals surface area contributed by atoms with Crippen molar-refractivity contribution in [1.29, 1.82) is 0 Å². The molecule has 20 atom stereocenters. The van der Waals surface area contributed by atoms with E-state index in [1.807, 2.05) is 73.6 Å². The fourth-order valence-electron chi connectivity index (χ4n) is 13.4. The smallest absolute Gasteiger partial charge is 0.373 e. The predicted octanol–water partition coefficient (Wildman–Crippen LogP) is 5.99. The first-order valence-corrected chi connectivity index (χ1v) is 27.3. The van der Waals surface area contributed by atoms with Gasteiger partial charge in [-0.3, -0.25) is 0 Å². The first-order chi connectivity index (χ1) is 36.8. The molecule has 12 fully saturated rings. The number of methoxy groups -OCH3 is 4. The third-order valence-corrected chi connectivity index (χ3v) is 17.1. The molecular weight excluding hydrogens is 1020 g/mol. The number of hydrogen-bond acceptors (Lipinski definition) is 22. The van der Waals surface area contributed by atoms with Gasteiger partial charge in [-0.15, -0.1) is 0 Å². The molecule has 22 heteroatoms. The summed E-state index contributed by atoms with van der Waals surface area (Å²) in [6.45, 7) is 22.4. The van der Waals surface area contributed by atoms with Crippen LogP contribution >= 0.6 is 0 Å². The molecule has 8 aliphatic heterocycles. The van der Waals surface area contributed by atoms with Crippen LogP contribution in [0.15, 0.2) is 30.3 Å². The molecular formula is C56H82O22. The van der Waals surface area contributed by atoms with Gasteiger partial charge in [0.15, 0.2) is 48.3 Å². The van der Waals surface area contributed by atoms with Gasteiger partial charge in [0.05, 0.1) is 12.2 Å². The first kappa shape index (κ1) is 60.9. The lowest BCUT2D eigenvalue weighted by Gasteiger charge is -2.24. The second-order valence-corrected chi connectivity index (χ2v) is 23.8. The number of benzene rings is 1. The molecule has 4 unspecified atom stereocenters. The SMILES string of the molecule is CC[C@@H]1C[C@]12O[C@@H](OC)[C@H]1OC(C)(C)OC12.CC[C@@H]1C[C@]12O[C@@H](OC)[C@H]1OC(C)(C)OC12.CC[C@H]1C[C@@]12O[C@@H](OC)[C@H]1OC(C)(C)OC12.CO[C@@H]1O[C@@]2(C[C@@H]2COC(=O)c2ccccc2)C2OC(C)(C)O[C@@H]21.O=C=O.O=C=O. The van der Waals surface area contributed by atoms with Crippen molar-refractivity contribution in [3.63, 3.8) is 0 Å². The third-order valence-electron chi connectivity index (χ3n) is 17.1. The van der Waals surface area contributed by atoms with E-state index in [0.717, 1.165) is 44.9 Å². The second kappa shape index (κ2) is 22.9. The van der Waals surface area contributed by atoms with Crippen LogP contribution in [0.1, 0.15) is 131 Å². The average molecular weight is 1110 g/mol. The summed E-state index contributed by atoms with van der Waals surface area (Å²) >= 11 is 0. The molecule has 8 heterocycles. The van der Waals surface area contributed by atoms with Crippen LogP contribution in [0, 0.1) is 23.7 Å². The van der Waals surface area contributed by atoms with Gasteiger partial charge in [0.2, 0.25) is 0 Å². The molecule has 0 N–H and O–H groups in total. The Morgan fingerprint density at radius 1 is 0.436 bits per heavy atom. The molecule has 438 valence electrons. The average Bonchev–Trinajstić information content (AvgIpc) is 4.48. The van der Waals surface area contributed by atoms with Gasteiger partial charge >= 0.3 is 18.3 Å². The van der Waals surface area contributed by atoms with E-state index in [0.29, 0.717) is 29.9 Å². The number of rotatable bonds is 10. The number of ether oxygens (including phenoxy) is 17. The highest BCUT2D eigenvalue weighted by Crippen LogP contribution is 2.64. The molecule has 4 spiro atoms. The maximum Gasteiger partial charge on any atom is 0.373 e. The van der Waals surface area contributed by atoms with Crippen LogP contribution in [0.25, 0.3) is 0 Å². The van der Waals surface area contributed by atoms with Crippen molar-refractivity contribution >= 4 is 18.3 Å². The van der Waals surface area contributed by atoms with Gasteiger partial charge < -0.3 is 80.5 Å². The summed E-state index contributed by atoms with van der Waals surface area (Å²) in [4.78, 5) is 44.6. The number of carbonyl (C=O) groups excluding carboxylic acids is 5. The Balaban J connectivity index is 0.000000135. The Morgan fingerprint density at radius 2 is 0.692 bits per heavy atom. The van der Waals surface area contributed by atoms with E-state index in [9.17, 15) is 4.79 Å². The van der Waals surface area contributed by atoms with E-state index in [2.05, 4.69) is 20.8 Å². The van der Waals surface area contributed by atoms with E-state index in [4.69, 9.17) is 99.7 Å². The minimum absolute atomic E-state index is 0.0393. The Hall–Kier alpha value is -3.19. The molecule has 12 aliphatic rings. The lowest BCUT2D eigenvalue weighted by molar-refractivity contribution is -0.235. The molecule has 4 aliphatic carbocycles. The van der Waals surface area contributed by atoms with Crippen molar-refractivity contribution in [2.75, 3.05) is 35.0 Å². The molecule has 4 saturated carbocycles. The van der Waals surface area contributed by atoms with E-state index in [-0.39, 0.29) is 109 Å². The minimum atomic E-state index is -0.656. The number of fused-ring (bicyclic) bond motifs is 8. The molecule has 22 nitrogen and oxygen atoms in total. The Morgan fingerprint density at radius 3 is 0.936 bits per heavy atom. The number of esters is 1. The van der Waals surface area contributed by atoms with Crippen LogP contribution in [0.5, 0.6) is 0 Å². The molecule has 0 amide bonds. The van der Waals surface area contributed by atoms with E-state index >= 15 is 0 Å². The van der Waals surface area contributed by atoms with Gasteiger partial charge in [-0.25, -0.2) is 4.79 Å². The summed E-state index contributed by atoms with van der Waals surface area (Å²) in [5, 5.41) is 0. The summed E-state index contributed by atoms with van der Waals surface area (Å²) < 4.78 is 98.5. The summed E-state index contributed by atoms with van der Waals surface area (Å²) in [6, 6.07) is 8.97. The van der Waals surface area contributed by atoms with Crippen molar-refractivity contribution in [2.45, 2.75) is 241 Å². The fraction of sp³-hybridized carbons (Fsp3) is 0.839. The molecule has 13 rings (SSSR count). The maximum atomic E-state index is 12.1. The summed E-state index contributed by atoms with van der Waals surface area (Å²) in [5.41, 5.74) is -0.320. The second-order valence-electron chi connectivity index (χ2n) is 23.8. The first-order valence-electron chi connectivity index (χ1n) is 27.3. The Labute approximate surface area is 456 Å². The summed E-state index contributed by atoms with van der Waals surface area (Å²) in [5.74, 6) is -0.628. The van der Waals surface area contributed by atoms with Gasteiger partial charge in [-0.2, -0.15) is 19.2 Å². The van der Waals surface area contributed by atoms with Gasteiger partial charge in [0.25, 0.3) is 0 Å². The van der Waals surface area contributed by atoms with Crippen molar-refractivity contribution in [2.24, 2.45) is 23.7 Å². The van der Waals surface area contributed by atoms with E-state index in [1.165, 1.54) is 0 Å².